The lowest BCUT2D eigenvalue weighted by atomic mass is 9.94. The quantitative estimate of drug-likeness (QED) is 0.766. The Balaban J connectivity index is 1.77. The lowest BCUT2D eigenvalue weighted by Gasteiger charge is -2.30. The van der Waals surface area contributed by atoms with Crippen molar-refractivity contribution in [3.63, 3.8) is 0 Å². The summed E-state index contributed by atoms with van der Waals surface area (Å²) in [6, 6.07) is 4.85. The summed E-state index contributed by atoms with van der Waals surface area (Å²) in [5.74, 6) is 1.34. The maximum absolute atomic E-state index is 13.3. The molecule has 1 fully saturated rings. The van der Waals surface area contributed by atoms with Gasteiger partial charge in [0.05, 0.1) is 19.8 Å². The molecule has 1 saturated carbocycles. The third-order valence-electron chi connectivity index (χ3n) is 5.49. The van der Waals surface area contributed by atoms with Crippen molar-refractivity contribution in [2.24, 2.45) is 0 Å². The van der Waals surface area contributed by atoms with Gasteiger partial charge in [0.15, 0.2) is 0 Å². The van der Waals surface area contributed by atoms with Gasteiger partial charge in [0.25, 0.3) is 0 Å². The van der Waals surface area contributed by atoms with E-state index in [2.05, 4.69) is 20.8 Å². The number of fused-ring (bicyclic) bond motifs is 1. The highest BCUT2D eigenvalue weighted by Gasteiger charge is 2.37. The lowest BCUT2D eigenvalue weighted by Crippen LogP contribution is -2.32. The summed E-state index contributed by atoms with van der Waals surface area (Å²) in [5, 5.41) is 15.0. The first kappa shape index (κ1) is 19.2. The van der Waals surface area contributed by atoms with Gasteiger partial charge in [-0.25, -0.2) is 4.79 Å². The van der Waals surface area contributed by atoms with Crippen LogP contribution in [0.2, 0.25) is 0 Å². The number of rotatable bonds is 5. The standard InChI is InChI=1S/C20H25N5O4/c1-12-17(19(26)29-13-7-5-4-6-8-13)18(25-20(21-12)22-23-24-25)15-11-14(27-2)9-10-16(15)28-3/h9-11,13,18H,4-8H2,1-3H3,(H,21,22,24)/t18-/m1/s1. The molecule has 1 aliphatic carbocycles. The van der Waals surface area contributed by atoms with E-state index in [1.165, 1.54) is 6.42 Å². The van der Waals surface area contributed by atoms with Crippen molar-refractivity contribution in [3.8, 4) is 11.5 Å². The van der Waals surface area contributed by atoms with Crippen LogP contribution in [0.1, 0.15) is 50.6 Å². The number of allylic oxidation sites excluding steroid dienone is 1. The second kappa shape index (κ2) is 8.10. The Morgan fingerprint density at radius 3 is 2.69 bits per heavy atom. The van der Waals surface area contributed by atoms with Crippen LogP contribution in [0.4, 0.5) is 5.95 Å². The van der Waals surface area contributed by atoms with E-state index in [4.69, 9.17) is 14.2 Å². The smallest absolute Gasteiger partial charge is 0.338 e. The number of aromatic nitrogens is 4. The number of hydrogen-bond donors (Lipinski definition) is 1. The number of hydrogen-bond acceptors (Lipinski definition) is 8. The summed E-state index contributed by atoms with van der Waals surface area (Å²) in [7, 11) is 3.18. The normalized spacial score (nSPS) is 19.3. The van der Waals surface area contributed by atoms with E-state index in [9.17, 15) is 4.79 Å². The molecule has 0 bridgehead atoms. The Kier molecular flexibility index (Phi) is 5.37. The first-order valence-corrected chi connectivity index (χ1v) is 9.81. The molecule has 29 heavy (non-hydrogen) atoms. The van der Waals surface area contributed by atoms with Crippen molar-refractivity contribution in [2.75, 3.05) is 19.5 Å². The molecular formula is C20H25N5O4. The van der Waals surface area contributed by atoms with Crippen LogP contribution in [-0.2, 0) is 9.53 Å². The Morgan fingerprint density at radius 1 is 1.17 bits per heavy atom. The van der Waals surface area contributed by atoms with E-state index in [1.807, 2.05) is 13.0 Å². The molecule has 2 aliphatic rings. The van der Waals surface area contributed by atoms with Crippen molar-refractivity contribution in [1.82, 2.24) is 20.2 Å². The van der Waals surface area contributed by atoms with Crippen molar-refractivity contribution >= 4 is 11.9 Å². The molecule has 2 heterocycles. The summed E-state index contributed by atoms with van der Waals surface area (Å²) >= 11 is 0. The third-order valence-corrected chi connectivity index (χ3v) is 5.49. The van der Waals surface area contributed by atoms with E-state index in [0.717, 1.165) is 31.2 Å². The van der Waals surface area contributed by atoms with Crippen LogP contribution in [-0.4, -0.2) is 46.5 Å². The number of tetrazole rings is 1. The fraction of sp³-hybridized carbons (Fsp3) is 0.500. The SMILES string of the molecule is COc1ccc(OC)c([C@@H]2C(C(=O)OC3CCCCC3)=C(C)Nc3nnnn32)c1. The first-order chi connectivity index (χ1) is 14.1. The Bertz CT molecular complexity index is 933. The monoisotopic (exact) mass is 399 g/mol. The van der Waals surface area contributed by atoms with Crippen LogP contribution in [0, 0.1) is 0 Å². The molecule has 1 aromatic heterocycles. The molecule has 9 heteroatoms. The van der Waals surface area contributed by atoms with Crippen LogP contribution >= 0.6 is 0 Å². The molecule has 0 spiro atoms. The predicted octanol–water partition coefficient (Wildman–Crippen LogP) is 2.86. The van der Waals surface area contributed by atoms with Crippen LogP contribution in [0.15, 0.2) is 29.5 Å². The van der Waals surface area contributed by atoms with E-state index in [1.54, 1.807) is 31.0 Å². The fourth-order valence-corrected chi connectivity index (χ4v) is 4.02. The highest BCUT2D eigenvalue weighted by molar-refractivity contribution is 5.92. The van der Waals surface area contributed by atoms with Crippen molar-refractivity contribution in [3.05, 3.63) is 35.0 Å². The molecule has 1 atom stereocenters. The molecule has 1 N–H and O–H groups in total. The maximum atomic E-state index is 13.3. The van der Waals surface area contributed by atoms with Crippen molar-refractivity contribution in [2.45, 2.75) is 51.2 Å². The molecule has 4 rings (SSSR count). The van der Waals surface area contributed by atoms with Crippen LogP contribution in [0.5, 0.6) is 11.5 Å². The second-order valence-corrected chi connectivity index (χ2v) is 7.29. The minimum Gasteiger partial charge on any atom is -0.497 e. The van der Waals surface area contributed by atoms with Crippen LogP contribution in [0.3, 0.4) is 0 Å². The summed E-state index contributed by atoms with van der Waals surface area (Å²) in [6.07, 6.45) is 5.09. The molecule has 2 aromatic rings. The van der Waals surface area contributed by atoms with Crippen LogP contribution in [0.25, 0.3) is 0 Å². The van der Waals surface area contributed by atoms with Gasteiger partial charge in [0, 0.05) is 11.3 Å². The van der Waals surface area contributed by atoms with E-state index >= 15 is 0 Å². The van der Waals surface area contributed by atoms with E-state index in [0.29, 0.717) is 28.7 Å². The molecule has 0 amide bonds. The topological polar surface area (TPSA) is 100 Å². The number of carbonyl (C=O) groups is 1. The number of methoxy groups -OCH3 is 2. The zero-order chi connectivity index (χ0) is 20.4. The number of ether oxygens (including phenoxy) is 3. The number of benzene rings is 1. The third kappa shape index (κ3) is 3.64. The number of carbonyl (C=O) groups excluding carboxylic acids is 1. The largest absolute Gasteiger partial charge is 0.497 e. The van der Waals surface area contributed by atoms with Crippen molar-refractivity contribution < 1.29 is 19.0 Å². The maximum Gasteiger partial charge on any atom is 0.338 e. The van der Waals surface area contributed by atoms with Gasteiger partial charge in [-0.3, -0.25) is 0 Å². The van der Waals surface area contributed by atoms with Crippen molar-refractivity contribution in [1.29, 1.82) is 0 Å². The van der Waals surface area contributed by atoms with Gasteiger partial charge >= 0.3 is 5.97 Å². The van der Waals surface area contributed by atoms with Gasteiger partial charge in [0.1, 0.15) is 23.6 Å². The highest BCUT2D eigenvalue weighted by atomic mass is 16.5. The molecular weight excluding hydrogens is 374 g/mol. The molecule has 1 aromatic carbocycles. The molecule has 0 saturated heterocycles. The predicted molar refractivity (Wildman–Crippen MR) is 105 cm³/mol. The zero-order valence-electron chi connectivity index (χ0n) is 16.8. The Labute approximate surface area is 169 Å². The average Bonchev–Trinajstić information content (AvgIpc) is 3.20. The molecule has 0 unspecified atom stereocenters. The lowest BCUT2D eigenvalue weighted by molar-refractivity contribution is -0.146. The molecule has 1 aliphatic heterocycles. The summed E-state index contributed by atoms with van der Waals surface area (Å²) < 4.78 is 18.4. The minimum atomic E-state index is -0.595. The Morgan fingerprint density at radius 2 is 1.97 bits per heavy atom. The first-order valence-electron chi connectivity index (χ1n) is 9.81. The molecule has 0 radical (unpaired) electrons. The number of esters is 1. The summed E-state index contributed by atoms with van der Waals surface area (Å²) in [6.45, 7) is 1.83. The van der Waals surface area contributed by atoms with Gasteiger partial charge in [-0.05, 0) is 61.2 Å². The van der Waals surface area contributed by atoms with Gasteiger partial charge in [0.2, 0.25) is 5.95 Å². The van der Waals surface area contributed by atoms with Gasteiger partial charge < -0.3 is 19.5 Å². The highest BCUT2D eigenvalue weighted by Crippen LogP contribution is 2.40. The van der Waals surface area contributed by atoms with E-state index < -0.39 is 6.04 Å². The van der Waals surface area contributed by atoms with Gasteiger partial charge in [-0.15, -0.1) is 0 Å². The Hall–Kier alpha value is -3.10. The molecule has 9 nitrogen and oxygen atoms in total. The van der Waals surface area contributed by atoms with Crippen LogP contribution < -0.4 is 14.8 Å². The van der Waals surface area contributed by atoms with Gasteiger partial charge in [-0.1, -0.05) is 11.5 Å². The minimum absolute atomic E-state index is 0.0559. The number of nitrogens with zero attached hydrogens (tertiary/aromatic N) is 4. The van der Waals surface area contributed by atoms with E-state index in [-0.39, 0.29) is 12.1 Å². The number of nitrogens with one attached hydrogen (secondary N) is 1. The number of anilines is 1. The summed E-state index contributed by atoms with van der Waals surface area (Å²) in [5.41, 5.74) is 1.83. The second-order valence-electron chi connectivity index (χ2n) is 7.29. The fourth-order valence-electron chi connectivity index (χ4n) is 4.02. The summed E-state index contributed by atoms with van der Waals surface area (Å²) in [4.78, 5) is 13.3. The van der Waals surface area contributed by atoms with Gasteiger partial charge in [-0.2, -0.15) is 4.68 Å². The average molecular weight is 399 g/mol. The zero-order valence-corrected chi connectivity index (χ0v) is 16.8. The molecule has 154 valence electrons.